The SMILES string of the molecule is Bc1c(C(=O)OCC)sc2nc(C)ccc12. The molecule has 3 nitrogen and oxygen atoms in total. The lowest BCUT2D eigenvalue weighted by molar-refractivity contribution is 0.0533. The molecule has 0 aliphatic carbocycles. The van der Waals surface area contributed by atoms with Crippen LogP contribution in [0.4, 0.5) is 0 Å². The second-order valence-electron chi connectivity index (χ2n) is 3.58. The van der Waals surface area contributed by atoms with E-state index in [0.717, 1.165) is 21.4 Å². The van der Waals surface area contributed by atoms with E-state index < -0.39 is 0 Å². The summed E-state index contributed by atoms with van der Waals surface area (Å²) in [5.74, 6) is -0.249. The summed E-state index contributed by atoms with van der Waals surface area (Å²) in [5, 5.41) is 1.04. The van der Waals surface area contributed by atoms with Crippen LogP contribution in [0.3, 0.4) is 0 Å². The van der Waals surface area contributed by atoms with E-state index >= 15 is 0 Å². The molecule has 0 bridgehead atoms. The first-order valence-corrected chi connectivity index (χ1v) is 5.99. The van der Waals surface area contributed by atoms with Crippen LogP contribution in [-0.4, -0.2) is 25.4 Å². The van der Waals surface area contributed by atoms with Gasteiger partial charge in [0.25, 0.3) is 0 Å². The van der Waals surface area contributed by atoms with Crippen molar-refractivity contribution in [3.8, 4) is 0 Å². The normalized spacial score (nSPS) is 10.6. The Hall–Kier alpha value is -1.36. The highest BCUT2D eigenvalue weighted by molar-refractivity contribution is 7.21. The molecule has 0 aliphatic rings. The molecule has 0 unspecified atom stereocenters. The summed E-state index contributed by atoms with van der Waals surface area (Å²) in [6, 6.07) is 3.96. The van der Waals surface area contributed by atoms with Gasteiger partial charge in [0, 0.05) is 11.1 Å². The standard InChI is InChI=1S/C11H12BNO2S/c1-3-15-11(14)9-8(12)7-5-4-6(2)13-10(7)16-9/h4-5H,3,12H2,1-2H3. The maximum Gasteiger partial charge on any atom is 0.347 e. The monoisotopic (exact) mass is 233 g/mol. The molecule has 0 atom stereocenters. The Bertz CT molecular complexity index is 550. The topological polar surface area (TPSA) is 39.2 Å². The molecule has 0 saturated carbocycles. The van der Waals surface area contributed by atoms with E-state index in [-0.39, 0.29) is 5.97 Å². The van der Waals surface area contributed by atoms with Crippen molar-refractivity contribution in [2.24, 2.45) is 0 Å². The van der Waals surface area contributed by atoms with Crippen LogP contribution >= 0.6 is 11.3 Å². The van der Waals surface area contributed by atoms with Crippen molar-refractivity contribution in [3.63, 3.8) is 0 Å². The molecule has 2 aromatic rings. The zero-order valence-corrected chi connectivity index (χ0v) is 10.4. The van der Waals surface area contributed by atoms with Crippen molar-refractivity contribution in [2.75, 3.05) is 6.61 Å². The van der Waals surface area contributed by atoms with Gasteiger partial charge >= 0.3 is 5.97 Å². The molecule has 0 fully saturated rings. The first kappa shape index (κ1) is 11.1. The maximum absolute atomic E-state index is 11.7. The third-order valence-electron chi connectivity index (χ3n) is 2.40. The highest BCUT2D eigenvalue weighted by Crippen LogP contribution is 2.21. The molecular weight excluding hydrogens is 221 g/mol. The fourth-order valence-corrected chi connectivity index (χ4v) is 2.70. The van der Waals surface area contributed by atoms with E-state index in [1.54, 1.807) is 0 Å². The van der Waals surface area contributed by atoms with Crippen molar-refractivity contribution in [2.45, 2.75) is 13.8 Å². The summed E-state index contributed by atoms with van der Waals surface area (Å²) in [7, 11) is 1.93. The molecule has 2 rings (SSSR count). The average Bonchev–Trinajstić information content (AvgIpc) is 2.56. The van der Waals surface area contributed by atoms with Crippen molar-refractivity contribution >= 4 is 40.8 Å². The van der Waals surface area contributed by atoms with Gasteiger partial charge in [-0.05, 0) is 19.9 Å². The van der Waals surface area contributed by atoms with Crippen LogP contribution in [0.15, 0.2) is 12.1 Å². The molecule has 0 aliphatic heterocycles. The summed E-state index contributed by atoms with van der Waals surface area (Å²) in [4.78, 5) is 17.7. The molecule has 0 saturated heterocycles. The molecule has 0 N–H and O–H groups in total. The first-order chi connectivity index (χ1) is 7.63. The van der Waals surface area contributed by atoms with Gasteiger partial charge in [0.2, 0.25) is 0 Å². The third kappa shape index (κ3) is 1.83. The van der Waals surface area contributed by atoms with Gasteiger partial charge in [-0.15, -0.1) is 11.3 Å². The largest absolute Gasteiger partial charge is 0.462 e. The molecule has 0 amide bonds. The summed E-state index contributed by atoms with van der Waals surface area (Å²) in [6.07, 6.45) is 0. The molecule has 0 spiro atoms. The van der Waals surface area contributed by atoms with E-state index in [0.29, 0.717) is 11.5 Å². The van der Waals surface area contributed by atoms with Gasteiger partial charge in [-0.25, -0.2) is 9.78 Å². The highest BCUT2D eigenvalue weighted by Gasteiger charge is 2.16. The maximum atomic E-state index is 11.7. The number of aryl methyl sites for hydroxylation is 1. The number of pyridine rings is 1. The Kier molecular flexibility index (Phi) is 2.96. The average molecular weight is 233 g/mol. The van der Waals surface area contributed by atoms with E-state index in [1.807, 2.05) is 33.8 Å². The van der Waals surface area contributed by atoms with Crippen LogP contribution in [0.2, 0.25) is 0 Å². The van der Waals surface area contributed by atoms with Crippen molar-refractivity contribution in [1.29, 1.82) is 0 Å². The summed E-state index contributed by atoms with van der Waals surface area (Å²) < 4.78 is 5.01. The van der Waals surface area contributed by atoms with E-state index in [4.69, 9.17) is 4.74 Å². The number of hydrogen-bond donors (Lipinski definition) is 0. The van der Waals surface area contributed by atoms with E-state index in [2.05, 4.69) is 4.98 Å². The van der Waals surface area contributed by atoms with Crippen LogP contribution in [-0.2, 0) is 4.74 Å². The number of carbonyl (C=O) groups excluding carboxylic acids is 1. The van der Waals surface area contributed by atoms with Crippen LogP contribution in [0.5, 0.6) is 0 Å². The number of aromatic nitrogens is 1. The van der Waals surface area contributed by atoms with E-state index in [9.17, 15) is 4.79 Å². The predicted molar refractivity (Wildman–Crippen MR) is 68.5 cm³/mol. The zero-order chi connectivity index (χ0) is 11.7. The van der Waals surface area contributed by atoms with Gasteiger partial charge < -0.3 is 4.74 Å². The van der Waals surface area contributed by atoms with Gasteiger partial charge in [-0.1, -0.05) is 11.5 Å². The molecule has 0 aromatic carbocycles. The number of rotatable bonds is 2. The lowest BCUT2D eigenvalue weighted by atomic mass is 9.93. The highest BCUT2D eigenvalue weighted by atomic mass is 32.1. The Morgan fingerprint density at radius 2 is 2.31 bits per heavy atom. The molecular formula is C11H12BNO2S. The number of esters is 1. The zero-order valence-electron chi connectivity index (χ0n) is 9.53. The van der Waals surface area contributed by atoms with Crippen molar-refractivity contribution in [3.05, 3.63) is 22.7 Å². The Morgan fingerprint density at radius 3 is 3.00 bits per heavy atom. The van der Waals surface area contributed by atoms with Gasteiger partial charge in [0.1, 0.15) is 17.6 Å². The lowest BCUT2D eigenvalue weighted by Crippen LogP contribution is -2.14. The Balaban J connectivity index is 2.55. The van der Waals surface area contributed by atoms with Crippen LogP contribution in [0, 0.1) is 6.92 Å². The van der Waals surface area contributed by atoms with Crippen LogP contribution in [0.1, 0.15) is 22.3 Å². The molecule has 16 heavy (non-hydrogen) atoms. The second kappa shape index (κ2) is 4.25. The molecule has 0 radical (unpaired) electrons. The number of nitrogens with zero attached hydrogens (tertiary/aromatic N) is 1. The van der Waals surface area contributed by atoms with Crippen LogP contribution < -0.4 is 5.46 Å². The number of ether oxygens (including phenoxy) is 1. The number of hydrogen-bond acceptors (Lipinski definition) is 4. The summed E-state index contributed by atoms with van der Waals surface area (Å²) >= 11 is 1.40. The summed E-state index contributed by atoms with van der Waals surface area (Å²) in [5.41, 5.74) is 1.93. The fourth-order valence-electron chi connectivity index (χ4n) is 1.58. The Morgan fingerprint density at radius 1 is 1.56 bits per heavy atom. The molecule has 2 aromatic heterocycles. The number of thiophene rings is 1. The molecule has 5 heteroatoms. The minimum absolute atomic E-state index is 0.249. The number of carbonyl (C=O) groups is 1. The molecule has 2 heterocycles. The first-order valence-electron chi connectivity index (χ1n) is 5.17. The van der Waals surface area contributed by atoms with Crippen molar-refractivity contribution < 1.29 is 9.53 Å². The van der Waals surface area contributed by atoms with Gasteiger partial charge in [0.05, 0.1) is 6.61 Å². The second-order valence-corrected chi connectivity index (χ2v) is 4.58. The number of fused-ring (bicyclic) bond motifs is 1. The Labute approximate surface area is 98.9 Å². The fraction of sp³-hybridized carbons (Fsp3) is 0.273. The minimum atomic E-state index is -0.249. The van der Waals surface area contributed by atoms with Crippen molar-refractivity contribution in [1.82, 2.24) is 4.98 Å². The smallest absolute Gasteiger partial charge is 0.347 e. The van der Waals surface area contributed by atoms with Gasteiger partial charge in [-0.3, -0.25) is 0 Å². The lowest BCUT2D eigenvalue weighted by Gasteiger charge is -1.99. The third-order valence-corrected chi connectivity index (χ3v) is 3.59. The summed E-state index contributed by atoms with van der Waals surface area (Å²) in [6.45, 7) is 4.15. The minimum Gasteiger partial charge on any atom is -0.462 e. The quantitative estimate of drug-likeness (QED) is 0.574. The van der Waals surface area contributed by atoms with Gasteiger partial charge in [0.15, 0.2) is 0 Å². The molecule has 82 valence electrons. The predicted octanol–water partition coefficient (Wildman–Crippen LogP) is 1.04. The van der Waals surface area contributed by atoms with Crippen LogP contribution in [0.25, 0.3) is 10.2 Å². The van der Waals surface area contributed by atoms with Gasteiger partial charge in [-0.2, -0.15) is 0 Å². The van der Waals surface area contributed by atoms with E-state index in [1.165, 1.54) is 11.3 Å².